The van der Waals surface area contributed by atoms with E-state index < -0.39 is 11.5 Å². The number of aliphatic carboxylic acids is 1. The Morgan fingerprint density at radius 3 is 2.37 bits per heavy atom. The summed E-state index contributed by atoms with van der Waals surface area (Å²) in [6.07, 6.45) is 2.77. The first-order valence-corrected chi connectivity index (χ1v) is 6.41. The molecule has 0 spiro atoms. The summed E-state index contributed by atoms with van der Waals surface area (Å²) in [6.45, 7) is 0. The van der Waals surface area contributed by atoms with Gasteiger partial charge in [-0.15, -0.1) is 0 Å². The zero-order chi connectivity index (χ0) is 13.9. The van der Waals surface area contributed by atoms with E-state index in [1.165, 1.54) is 0 Å². The van der Waals surface area contributed by atoms with Crippen LogP contribution in [-0.4, -0.2) is 22.5 Å². The van der Waals surface area contributed by atoms with E-state index in [2.05, 4.69) is 5.32 Å². The van der Waals surface area contributed by atoms with Gasteiger partial charge in [0.1, 0.15) is 5.54 Å². The van der Waals surface area contributed by atoms with Crippen molar-refractivity contribution in [1.82, 2.24) is 5.32 Å². The predicted octanol–water partition coefficient (Wildman–Crippen LogP) is 1.32. The van der Waals surface area contributed by atoms with Gasteiger partial charge in [0.15, 0.2) is 0 Å². The summed E-state index contributed by atoms with van der Waals surface area (Å²) in [6, 6.07) is 7.33. The number of hydrogen-bond donors (Lipinski definition) is 3. The molecule has 1 aromatic carbocycles. The number of nitrogens with one attached hydrogen (secondary N) is 1. The van der Waals surface area contributed by atoms with Gasteiger partial charge in [-0.25, -0.2) is 4.79 Å². The molecular weight excluding hydrogens is 244 g/mol. The minimum absolute atomic E-state index is 0.209. The number of carbonyl (C=O) groups is 2. The lowest BCUT2D eigenvalue weighted by Crippen LogP contribution is -2.59. The van der Waals surface area contributed by atoms with E-state index in [4.69, 9.17) is 10.8 Å². The summed E-state index contributed by atoms with van der Waals surface area (Å²) in [5.41, 5.74) is 6.27. The molecule has 1 aromatic rings. The van der Waals surface area contributed by atoms with Crippen LogP contribution < -0.4 is 11.1 Å². The van der Waals surface area contributed by atoms with Crippen molar-refractivity contribution in [2.75, 3.05) is 5.73 Å². The Bertz CT molecular complexity index is 478. The summed E-state index contributed by atoms with van der Waals surface area (Å²) in [5.74, 6) is -1.14. The lowest BCUT2D eigenvalue weighted by atomic mass is 9.76. The number of carboxylic acids is 1. The van der Waals surface area contributed by atoms with Gasteiger partial charge in [0.25, 0.3) is 0 Å². The predicted molar refractivity (Wildman–Crippen MR) is 71.5 cm³/mol. The van der Waals surface area contributed by atoms with Crippen molar-refractivity contribution in [3.8, 4) is 0 Å². The Hall–Kier alpha value is -2.04. The first-order valence-electron chi connectivity index (χ1n) is 6.41. The highest BCUT2D eigenvalue weighted by Crippen LogP contribution is 2.32. The Kier molecular flexibility index (Phi) is 3.74. The van der Waals surface area contributed by atoms with Gasteiger partial charge in [0.2, 0.25) is 5.91 Å². The molecule has 102 valence electrons. The van der Waals surface area contributed by atoms with Crippen LogP contribution in [-0.2, 0) is 16.0 Å². The molecule has 1 amide bonds. The van der Waals surface area contributed by atoms with Crippen molar-refractivity contribution < 1.29 is 14.7 Å². The van der Waals surface area contributed by atoms with Crippen LogP contribution in [0.2, 0.25) is 0 Å². The van der Waals surface area contributed by atoms with E-state index in [0.29, 0.717) is 31.4 Å². The Morgan fingerprint density at radius 2 is 1.89 bits per heavy atom. The molecule has 0 radical (unpaired) electrons. The van der Waals surface area contributed by atoms with Crippen LogP contribution in [0, 0.1) is 0 Å². The second-order valence-electron chi connectivity index (χ2n) is 5.03. The molecule has 1 saturated carbocycles. The van der Waals surface area contributed by atoms with E-state index in [1.807, 2.05) is 12.1 Å². The van der Waals surface area contributed by atoms with Gasteiger partial charge in [-0.2, -0.15) is 0 Å². The smallest absolute Gasteiger partial charge is 0.329 e. The highest BCUT2D eigenvalue weighted by atomic mass is 16.4. The highest BCUT2D eigenvalue weighted by Gasteiger charge is 2.45. The third-order valence-electron chi connectivity index (χ3n) is 3.62. The number of anilines is 1. The quantitative estimate of drug-likeness (QED) is 0.698. The van der Waals surface area contributed by atoms with Crippen molar-refractivity contribution in [3.63, 3.8) is 0 Å². The average molecular weight is 262 g/mol. The van der Waals surface area contributed by atoms with Gasteiger partial charge in [-0.05, 0) is 43.4 Å². The molecule has 0 bridgehead atoms. The van der Waals surface area contributed by atoms with Crippen LogP contribution in [0.25, 0.3) is 0 Å². The molecule has 0 saturated heterocycles. The molecule has 1 aliphatic carbocycles. The van der Waals surface area contributed by atoms with Crippen molar-refractivity contribution in [1.29, 1.82) is 0 Å². The van der Waals surface area contributed by atoms with E-state index in [0.717, 1.165) is 12.0 Å². The minimum atomic E-state index is -1.02. The number of hydrogen-bond acceptors (Lipinski definition) is 3. The number of carbonyl (C=O) groups excluding carboxylic acids is 1. The van der Waals surface area contributed by atoms with Crippen LogP contribution >= 0.6 is 0 Å². The maximum Gasteiger partial charge on any atom is 0.329 e. The summed E-state index contributed by atoms with van der Waals surface area (Å²) in [4.78, 5) is 22.9. The molecule has 2 rings (SSSR count). The molecule has 0 aromatic heterocycles. The lowest BCUT2D eigenvalue weighted by Gasteiger charge is -2.38. The molecule has 0 aliphatic heterocycles. The van der Waals surface area contributed by atoms with Gasteiger partial charge in [0.05, 0.1) is 0 Å². The Labute approximate surface area is 111 Å². The van der Waals surface area contributed by atoms with Crippen molar-refractivity contribution >= 4 is 17.6 Å². The zero-order valence-corrected chi connectivity index (χ0v) is 10.7. The third kappa shape index (κ3) is 3.05. The van der Waals surface area contributed by atoms with E-state index in [9.17, 15) is 9.59 Å². The van der Waals surface area contributed by atoms with Gasteiger partial charge in [-0.1, -0.05) is 12.1 Å². The minimum Gasteiger partial charge on any atom is -0.480 e. The molecule has 1 aliphatic rings. The van der Waals surface area contributed by atoms with Crippen LogP contribution in [0.15, 0.2) is 24.3 Å². The number of rotatable bonds is 5. The van der Waals surface area contributed by atoms with Crippen molar-refractivity contribution in [2.24, 2.45) is 0 Å². The standard InChI is InChI=1S/C14H18N2O3/c15-11-5-2-10(3-6-11)4-7-12(17)16-14(13(18)19)8-1-9-14/h2-3,5-6H,1,4,7-9,15H2,(H,16,17)(H,18,19). The summed E-state index contributed by atoms with van der Waals surface area (Å²) < 4.78 is 0. The molecule has 1 fully saturated rings. The number of carboxylic acid groups (broad SMARTS) is 1. The largest absolute Gasteiger partial charge is 0.480 e. The molecule has 19 heavy (non-hydrogen) atoms. The number of nitrogens with two attached hydrogens (primary N) is 1. The van der Waals surface area contributed by atoms with E-state index in [-0.39, 0.29) is 5.91 Å². The van der Waals surface area contributed by atoms with Crippen LogP contribution in [0.1, 0.15) is 31.2 Å². The number of aryl methyl sites for hydroxylation is 1. The number of amides is 1. The lowest BCUT2D eigenvalue weighted by molar-refractivity contribution is -0.151. The molecule has 5 heteroatoms. The van der Waals surface area contributed by atoms with Crippen LogP contribution in [0.5, 0.6) is 0 Å². The van der Waals surface area contributed by atoms with Crippen LogP contribution in [0.3, 0.4) is 0 Å². The maximum atomic E-state index is 11.8. The van der Waals surface area contributed by atoms with Gasteiger partial charge < -0.3 is 16.2 Å². The maximum absolute atomic E-state index is 11.8. The monoisotopic (exact) mass is 262 g/mol. The SMILES string of the molecule is Nc1ccc(CCC(=O)NC2(C(=O)O)CCC2)cc1. The highest BCUT2D eigenvalue weighted by molar-refractivity contribution is 5.87. The average Bonchev–Trinajstić information content (AvgIpc) is 2.32. The third-order valence-corrected chi connectivity index (χ3v) is 3.62. The van der Waals surface area contributed by atoms with Gasteiger partial charge in [-0.3, -0.25) is 4.79 Å². The first-order chi connectivity index (χ1) is 9.02. The van der Waals surface area contributed by atoms with Gasteiger partial charge >= 0.3 is 5.97 Å². The Balaban J connectivity index is 1.85. The second kappa shape index (κ2) is 5.30. The fourth-order valence-electron chi connectivity index (χ4n) is 2.19. The molecule has 4 N–H and O–H groups in total. The van der Waals surface area contributed by atoms with E-state index >= 15 is 0 Å². The van der Waals surface area contributed by atoms with Crippen molar-refractivity contribution in [2.45, 2.75) is 37.6 Å². The molecule has 0 heterocycles. The number of benzene rings is 1. The number of nitrogen functional groups attached to an aromatic ring is 1. The second-order valence-corrected chi connectivity index (χ2v) is 5.03. The topological polar surface area (TPSA) is 92.4 Å². The van der Waals surface area contributed by atoms with Crippen molar-refractivity contribution in [3.05, 3.63) is 29.8 Å². The fraction of sp³-hybridized carbons (Fsp3) is 0.429. The Morgan fingerprint density at radius 1 is 1.26 bits per heavy atom. The molecule has 5 nitrogen and oxygen atoms in total. The summed E-state index contributed by atoms with van der Waals surface area (Å²) >= 11 is 0. The molecule has 0 atom stereocenters. The first kappa shape index (κ1) is 13.4. The molecular formula is C14H18N2O3. The van der Waals surface area contributed by atoms with E-state index in [1.54, 1.807) is 12.1 Å². The normalized spacial score (nSPS) is 16.4. The zero-order valence-electron chi connectivity index (χ0n) is 10.7. The molecule has 0 unspecified atom stereocenters. The fourth-order valence-corrected chi connectivity index (χ4v) is 2.19. The van der Waals surface area contributed by atoms with Crippen LogP contribution in [0.4, 0.5) is 5.69 Å². The summed E-state index contributed by atoms with van der Waals surface area (Å²) in [5, 5.41) is 11.8. The summed E-state index contributed by atoms with van der Waals surface area (Å²) in [7, 11) is 0. The van der Waals surface area contributed by atoms with Gasteiger partial charge in [0, 0.05) is 12.1 Å².